The van der Waals surface area contributed by atoms with E-state index in [4.69, 9.17) is 10.5 Å². The van der Waals surface area contributed by atoms with E-state index in [-0.39, 0.29) is 36.1 Å². The van der Waals surface area contributed by atoms with Gasteiger partial charge >= 0.3 is 0 Å². The Hall–Kier alpha value is -1.33. The number of carbonyl (C=O) groups excluding carboxylic acids is 1. The highest BCUT2D eigenvalue weighted by molar-refractivity contribution is 5.96. The van der Waals surface area contributed by atoms with Crippen LogP contribution in [0.1, 0.15) is 25.7 Å². The second-order valence-corrected chi connectivity index (χ2v) is 5.57. The number of nitrogens with zero attached hydrogens (tertiary/aromatic N) is 1. The number of carbonyl (C=O) groups is 1. The van der Waals surface area contributed by atoms with Crippen molar-refractivity contribution in [3.63, 3.8) is 0 Å². The van der Waals surface area contributed by atoms with Crippen LogP contribution in [0.25, 0.3) is 0 Å². The van der Waals surface area contributed by atoms with Crippen molar-refractivity contribution in [3.05, 3.63) is 24.0 Å². The Morgan fingerprint density at radius 1 is 1.38 bits per heavy atom. The second kappa shape index (κ2) is 6.62. The van der Waals surface area contributed by atoms with Crippen molar-refractivity contribution in [2.75, 3.05) is 18.1 Å². The van der Waals surface area contributed by atoms with Crippen LogP contribution in [0.15, 0.2) is 18.2 Å². The summed E-state index contributed by atoms with van der Waals surface area (Å²) in [5.41, 5.74) is 6.63. The zero-order valence-electron chi connectivity index (χ0n) is 11.8. The third-order valence-corrected chi connectivity index (χ3v) is 4.12. The molecule has 1 heterocycles. The van der Waals surface area contributed by atoms with Gasteiger partial charge in [0.1, 0.15) is 18.2 Å². The molecule has 0 aromatic heterocycles. The summed E-state index contributed by atoms with van der Waals surface area (Å²) in [7, 11) is 0. The molecule has 4 nitrogen and oxygen atoms in total. The molecule has 0 spiro atoms. The third kappa shape index (κ3) is 3.30. The van der Waals surface area contributed by atoms with Gasteiger partial charge in [-0.2, -0.15) is 0 Å². The van der Waals surface area contributed by atoms with Crippen molar-refractivity contribution in [3.8, 4) is 5.75 Å². The van der Waals surface area contributed by atoms with Crippen LogP contribution in [-0.2, 0) is 4.79 Å². The molecule has 2 aliphatic rings. The van der Waals surface area contributed by atoms with Gasteiger partial charge in [-0.3, -0.25) is 4.79 Å². The van der Waals surface area contributed by atoms with Crippen LogP contribution in [-0.4, -0.2) is 25.1 Å². The van der Waals surface area contributed by atoms with Crippen molar-refractivity contribution in [1.29, 1.82) is 0 Å². The number of rotatable bonds is 1. The fourth-order valence-electron chi connectivity index (χ4n) is 3.10. The first-order valence-electron chi connectivity index (χ1n) is 7.14. The van der Waals surface area contributed by atoms with Gasteiger partial charge in [0.2, 0.25) is 5.91 Å². The quantitative estimate of drug-likeness (QED) is 0.866. The number of amides is 1. The molecular weight excluding hydrogens is 295 g/mol. The first-order valence-corrected chi connectivity index (χ1v) is 7.14. The Morgan fingerprint density at radius 3 is 2.95 bits per heavy atom. The Kier molecular flexibility index (Phi) is 5.06. The number of anilines is 1. The highest BCUT2D eigenvalue weighted by Crippen LogP contribution is 2.35. The van der Waals surface area contributed by atoms with E-state index in [2.05, 4.69) is 0 Å². The van der Waals surface area contributed by atoms with Crippen LogP contribution in [0.5, 0.6) is 5.75 Å². The number of hydrogen-bond acceptors (Lipinski definition) is 3. The van der Waals surface area contributed by atoms with E-state index in [1.807, 2.05) is 0 Å². The van der Waals surface area contributed by atoms with Gasteiger partial charge in [-0.15, -0.1) is 12.4 Å². The van der Waals surface area contributed by atoms with Gasteiger partial charge in [-0.25, -0.2) is 4.39 Å². The summed E-state index contributed by atoms with van der Waals surface area (Å²) in [6.07, 6.45) is 3.63. The predicted molar refractivity (Wildman–Crippen MR) is 81.4 cm³/mol. The van der Waals surface area contributed by atoms with Crippen LogP contribution in [0.3, 0.4) is 0 Å². The standard InChI is InChI=1S/C15H19FN2O2.ClH/c16-11-4-5-13-14(9-11)20-7-6-18(13)15(19)10-2-1-3-12(17)8-10;/h4-5,9-10,12H,1-3,6-8,17H2;1H. The third-order valence-electron chi connectivity index (χ3n) is 4.12. The van der Waals surface area contributed by atoms with Crippen molar-refractivity contribution in [2.45, 2.75) is 31.7 Å². The Balaban J connectivity index is 0.00000161. The normalized spacial score (nSPS) is 24.6. The maximum absolute atomic E-state index is 13.2. The lowest BCUT2D eigenvalue weighted by Crippen LogP contribution is -2.44. The maximum atomic E-state index is 13.2. The van der Waals surface area contributed by atoms with Gasteiger partial charge in [0, 0.05) is 18.0 Å². The van der Waals surface area contributed by atoms with E-state index >= 15 is 0 Å². The molecule has 1 fully saturated rings. The summed E-state index contributed by atoms with van der Waals surface area (Å²) in [5, 5.41) is 0. The van der Waals surface area contributed by atoms with Crippen LogP contribution in [0.2, 0.25) is 0 Å². The van der Waals surface area contributed by atoms with Gasteiger partial charge in [0.25, 0.3) is 0 Å². The van der Waals surface area contributed by atoms with E-state index < -0.39 is 0 Å². The highest BCUT2D eigenvalue weighted by atomic mass is 35.5. The van der Waals surface area contributed by atoms with Gasteiger partial charge in [0.15, 0.2) is 0 Å². The summed E-state index contributed by atoms with van der Waals surface area (Å²) in [4.78, 5) is 14.4. The Bertz CT molecular complexity index is 526. The van der Waals surface area contributed by atoms with Crippen LogP contribution >= 0.6 is 12.4 Å². The molecule has 1 aliphatic carbocycles. The monoisotopic (exact) mass is 314 g/mol. The Labute approximate surface area is 129 Å². The van der Waals surface area contributed by atoms with Crippen molar-refractivity contribution in [2.24, 2.45) is 11.7 Å². The average Bonchev–Trinajstić information content (AvgIpc) is 2.45. The molecule has 0 bridgehead atoms. The molecule has 1 aromatic rings. The number of fused-ring (bicyclic) bond motifs is 1. The fourth-order valence-corrected chi connectivity index (χ4v) is 3.10. The predicted octanol–water partition coefficient (Wildman–Crippen LogP) is 2.49. The SMILES string of the molecule is Cl.NC1CCCC(C(=O)N2CCOc3cc(F)ccc32)C1. The minimum Gasteiger partial charge on any atom is -0.489 e. The summed E-state index contributed by atoms with van der Waals surface area (Å²) >= 11 is 0. The summed E-state index contributed by atoms with van der Waals surface area (Å²) < 4.78 is 18.7. The largest absolute Gasteiger partial charge is 0.489 e. The highest BCUT2D eigenvalue weighted by Gasteiger charge is 2.32. The molecule has 1 aromatic carbocycles. The average molecular weight is 315 g/mol. The fraction of sp³-hybridized carbons (Fsp3) is 0.533. The zero-order chi connectivity index (χ0) is 14.1. The van der Waals surface area contributed by atoms with E-state index in [1.165, 1.54) is 12.1 Å². The molecule has 21 heavy (non-hydrogen) atoms. The first kappa shape index (κ1) is 16.0. The number of benzene rings is 1. The zero-order valence-corrected chi connectivity index (χ0v) is 12.6. The second-order valence-electron chi connectivity index (χ2n) is 5.57. The molecule has 2 unspecified atom stereocenters. The van der Waals surface area contributed by atoms with E-state index in [0.29, 0.717) is 24.6 Å². The molecule has 0 saturated heterocycles. The molecular formula is C15H20ClFN2O2. The van der Waals surface area contributed by atoms with E-state index in [9.17, 15) is 9.18 Å². The number of nitrogens with two attached hydrogens (primary N) is 1. The number of hydrogen-bond donors (Lipinski definition) is 1. The number of halogens is 2. The van der Waals surface area contributed by atoms with E-state index in [0.717, 1.165) is 25.7 Å². The summed E-state index contributed by atoms with van der Waals surface area (Å²) in [6.45, 7) is 0.921. The summed E-state index contributed by atoms with van der Waals surface area (Å²) in [5.74, 6) is 0.175. The minimum atomic E-state index is -0.349. The molecule has 1 saturated carbocycles. The molecule has 1 amide bonds. The van der Waals surface area contributed by atoms with Gasteiger partial charge in [0.05, 0.1) is 12.2 Å². The van der Waals surface area contributed by atoms with Crippen molar-refractivity contribution >= 4 is 24.0 Å². The topological polar surface area (TPSA) is 55.6 Å². The summed E-state index contributed by atoms with van der Waals surface area (Å²) in [6, 6.07) is 4.43. The molecule has 3 rings (SSSR count). The maximum Gasteiger partial charge on any atom is 0.230 e. The van der Waals surface area contributed by atoms with Gasteiger partial charge in [-0.1, -0.05) is 6.42 Å². The van der Waals surface area contributed by atoms with Gasteiger partial charge < -0.3 is 15.4 Å². The molecule has 116 valence electrons. The van der Waals surface area contributed by atoms with Crippen LogP contribution in [0.4, 0.5) is 10.1 Å². The smallest absolute Gasteiger partial charge is 0.230 e. The molecule has 2 N–H and O–H groups in total. The van der Waals surface area contributed by atoms with E-state index in [1.54, 1.807) is 11.0 Å². The lowest BCUT2D eigenvalue weighted by Gasteiger charge is -2.34. The number of ether oxygens (including phenoxy) is 1. The minimum absolute atomic E-state index is 0. The van der Waals surface area contributed by atoms with Crippen LogP contribution in [0, 0.1) is 11.7 Å². The van der Waals surface area contributed by atoms with Crippen molar-refractivity contribution in [1.82, 2.24) is 0 Å². The van der Waals surface area contributed by atoms with Gasteiger partial charge in [-0.05, 0) is 31.4 Å². The lowest BCUT2D eigenvalue weighted by atomic mass is 9.85. The molecule has 2 atom stereocenters. The first-order chi connectivity index (χ1) is 9.65. The lowest BCUT2D eigenvalue weighted by molar-refractivity contribution is -0.123. The molecule has 0 radical (unpaired) electrons. The molecule has 1 aliphatic heterocycles. The van der Waals surface area contributed by atoms with Crippen molar-refractivity contribution < 1.29 is 13.9 Å². The Morgan fingerprint density at radius 2 is 2.19 bits per heavy atom. The molecule has 6 heteroatoms. The van der Waals surface area contributed by atoms with Crippen LogP contribution < -0.4 is 15.4 Å².